The second-order valence-corrected chi connectivity index (χ2v) is 11.2. The maximum absolute atomic E-state index is 13.0. The van der Waals surface area contributed by atoms with Crippen LogP contribution in [0.4, 0.5) is 0 Å². The van der Waals surface area contributed by atoms with Crippen LogP contribution in [0.25, 0.3) is 11.3 Å². The Labute approximate surface area is 250 Å². The van der Waals surface area contributed by atoms with Crippen molar-refractivity contribution in [3.63, 3.8) is 0 Å². The number of piperidine rings is 1. The number of aromatic amines is 1. The SMILES string of the molecule is Cc1oc(Cc2cccc(Cl)c2)nc1-c1ccc(COc2ccc(C(=O)N3CCC(Cc4ncc[nH]4)CC3)cc2)cc1. The zero-order valence-electron chi connectivity index (χ0n) is 23.6. The monoisotopic (exact) mass is 580 g/mol. The topological polar surface area (TPSA) is 84.2 Å². The largest absolute Gasteiger partial charge is 0.489 e. The van der Waals surface area contributed by atoms with Gasteiger partial charge in [-0.15, -0.1) is 0 Å². The van der Waals surface area contributed by atoms with Gasteiger partial charge in [0.2, 0.25) is 0 Å². The van der Waals surface area contributed by atoms with E-state index in [2.05, 4.69) is 9.97 Å². The summed E-state index contributed by atoms with van der Waals surface area (Å²) in [6.07, 6.45) is 7.16. The molecule has 1 saturated heterocycles. The summed E-state index contributed by atoms with van der Waals surface area (Å²) in [5.41, 5.74) is 4.61. The van der Waals surface area contributed by atoms with Crippen molar-refractivity contribution in [2.24, 2.45) is 5.92 Å². The minimum absolute atomic E-state index is 0.0764. The number of amides is 1. The molecule has 0 radical (unpaired) electrons. The fraction of sp³-hybridized carbons (Fsp3) is 0.265. The van der Waals surface area contributed by atoms with Gasteiger partial charge in [0.25, 0.3) is 5.91 Å². The third kappa shape index (κ3) is 6.74. The van der Waals surface area contributed by atoms with Crippen molar-refractivity contribution in [1.29, 1.82) is 0 Å². The number of halogens is 1. The molecule has 1 aliphatic heterocycles. The van der Waals surface area contributed by atoms with E-state index in [1.54, 1.807) is 6.20 Å². The third-order valence-electron chi connectivity index (χ3n) is 7.76. The molecule has 2 aromatic heterocycles. The zero-order valence-corrected chi connectivity index (χ0v) is 24.3. The fourth-order valence-corrected chi connectivity index (χ4v) is 5.65. The normalized spacial score (nSPS) is 13.8. The molecule has 0 saturated carbocycles. The summed E-state index contributed by atoms with van der Waals surface area (Å²) in [4.78, 5) is 27.2. The highest BCUT2D eigenvalue weighted by Gasteiger charge is 2.24. The van der Waals surface area contributed by atoms with Gasteiger partial charge in [0, 0.05) is 54.5 Å². The summed E-state index contributed by atoms with van der Waals surface area (Å²) in [5, 5.41) is 0.701. The molecule has 1 fully saturated rings. The quantitative estimate of drug-likeness (QED) is 0.198. The molecule has 0 atom stereocenters. The van der Waals surface area contributed by atoms with Crippen LogP contribution in [0.2, 0.25) is 5.02 Å². The van der Waals surface area contributed by atoms with Crippen LogP contribution >= 0.6 is 11.6 Å². The molecule has 3 aromatic carbocycles. The maximum atomic E-state index is 13.0. The van der Waals surface area contributed by atoms with Gasteiger partial charge < -0.3 is 19.0 Å². The lowest BCUT2D eigenvalue weighted by molar-refractivity contribution is 0.0690. The number of nitrogens with one attached hydrogen (secondary N) is 1. The summed E-state index contributed by atoms with van der Waals surface area (Å²) in [6, 6.07) is 23.3. The molecule has 1 aliphatic rings. The first-order valence-corrected chi connectivity index (χ1v) is 14.7. The lowest BCUT2D eigenvalue weighted by atomic mass is 9.93. The summed E-state index contributed by atoms with van der Waals surface area (Å²) >= 11 is 6.11. The highest BCUT2D eigenvalue weighted by molar-refractivity contribution is 6.30. The van der Waals surface area contributed by atoms with Gasteiger partial charge in [0.05, 0.1) is 0 Å². The number of H-pyrrole nitrogens is 1. The Morgan fingerprint density at radius 1 is 1.05 bits per heavy atom. The molecule has 0 bridgehead atoms. The fourth-order valence-electron chi connectivity index (χ4n) is 5.44. The van der Waals surface area contributed by atoms with Crippen molar-refractivity contribution in [2.45, 2.75) is 39.2 Å². The number of carbonyl (C=O) groups excluding carboxylic acids is 1. The molecule has 214 valence electrons. The van der Waals surface area contributed by atoms with Crippen molar-refractivity contribution in [2.75, 3.05) is 13.1 Å². The van der Waals surface area contributed by atoms with E-state index in [1.165, 1.54) is 0 Å². The van der Waals surface area contributed by atoms with Crippen LogP contribution in [0, 0.1) is 12.8 Å². The van der Waals surface area contributed by atoms with Crippen molar-refractivity contribution >= 4 is 17.5 Å². The van der Waals surface area contributed by atoms with Crippen LogP contribution in [0.3, 0.4) is 0 Å². The summed E-state index contributed by atoms with van der Waals surface area (Å²) in [7, 11) is 0. The van der Waals surface area contributed by atoms with Gasteiger partial charge in [-0.05, 0) is 73.2 Å². The third-order valence-corrected chi connectivity index (χ3v) is 7.99. The van der Waals surface area contributed by atoms with E-state index in [-0.39, 0.29) is 5.91 Å². The molecule has 7 nitrogen and oxygen atoms in total. The van der Waals surface area contributed by atoms with Crippen LogP contribution in [-0.4, -0.2) is 38.8 Å². The average Bonchev–Trinajstić information content (AvgIpc) is 3.66. The Morgan fingerprint density at radius 2 is 1.83 bits per heavy atom. The van der Waals surface area contributed by atoms with E-state index in [0.29, 0.717) is 35.4 Å². The first kappa shape index (κ1) is 27.8. The first-order chi connectivity index (χ1) is 20.5. The molecule has 1 N–H and O–H groups in total. The van der Waals surface area contributed by atoms with Crippen LogP contribution in [0.1, 0.15) is 51.8 Å². The average molecular weight is 581 g/mol. The second-order valence-electron chi connectivity index (χ2n) is 10.8. The van der Waals surface area contributed by atoms with Crippen molar-refractivity contribution in [3.8, 4) is 17.0 Å². The molecule has 0 spiro atoms. The number of hydrogen-bond acceptors (Lipinski definition) is 5. The molecule has 5 aromatic rings. The number of rotatable bonds is 9. The Bertz CT molecular complexity index is 1620. The number of imidazole rings is 1. The van der Waals surface area contributed by atoms with E-state index >= 15 is 0 Å². The van der Waals surface area contributed by atoms with Crippen molar-refractivity contribution in [3.05, 3.63) is 124 Å². The molecular formula is C34H33ClN4O3. The van der Waals surface area contributed by atoms with E-state index in [0.717, 1.165) is 72.1 Å². The van der Waals surface area contributed by atoms with E-state index in [9.17, 15) is 4.79 Å². The Balaban J connectivity index is 0.998. The first-order valence-electron chi connectivity index (χ1n) is 14.3. The maximum Gasteiger partial charge on any atom is 0.253 e. The highest BCUT2D eigenvalue weighted by atomic mass is 35.5. The minimum Gasteiger partial charge on any atom is -0.489 e. The minimum atomic E-state index is 0.0764. The number of benzene rings is 3. The molecule has 1 amide bonds. The number of aryl methyl sites for hydroxylation is 1. The van der Waals surface area contributed by atoms with Crippen LogP contribution in [-0.2, 0) is 19.4 Å². The number of nitrogens with zero attached hydrogens (tertiary/aromatic N) is 3. The smallest absolute Gasteiger partial charge is 0.253 e. The van der Waals surface area contributed by atoms with Gasteiger partial charge in [0.15, 0.2) is 5.89 Å². The van der Waals surface area contributed by atoms with Gasteiger partial charge in [0.1, 0.15) is 29.6 Å². The highest BCUT2D eigenvalue weighted by Crippen LogP contribution is 2.26. The molecule has 3 heterocycles. The molecule has 6 rings (SSSR count). The van der Waals surface area contributed by atoms with Gasteiger partial charge in [-0.3, -0.25) is 4.79 Å². The summed E-state index contributed by atoms with van der Waals surface area (Å²) in [6.45, 7) is 3.90. The number of ether oxygens (including phenoxy) is 1. The molecule has 0 aliphatic carbocycles. The molecule has 0 unspecified atom stereocenters. The zero-order chi connectivity index (χ0) is 28.9. The van der Waals surface area contributed by atoms with Crippen molar-refractivity contribution < 1.29 is 13.9 Å². The molecule has 42 heavy (non-hydrogen) atoms. The number of likely N-dealkylation sites (tertiary alicyclic amines) is 1. The van der Waals surface area contributed by atoms with E-state index in [1.807, 2.05) is 90.8 Å². The standard InChI is InChI=1S/C34H33ClN4O3/c1-23-33(38-32(42-23)21-26-3-2-4-29(35)19-26)27-7-5-25(6-8-27)22-41-30-11-9-28(10-12-30)34(40)39-17-13-24(14-18-39)20-31-36-15-16-37-31/h2-12,15-16,19,24H,13-14,17-18,20-22H2,1H3,(H,36,37). The van der Waals surface area contributed by atoms with Crippen molar-refractivity contribution in [1.82, 2.24) is 19.9 Å². The van der Waals surface area contributed by atoms with Crippen LogP contribution in [0.5, 0.6) is 5.75 Å². The number of aromatic nitrogens is 3. The Morgan fingerprint density at radius 3 is 2.55 bits per heavy atom. The predicted octanol–water partition coefficient (Wildman–Crippen LogP) is 7.29. The van der Waals surface area contributed by atoms with Crippen LogP contribution < -0.4 is 4.74 Å². The Kier molecular flexibility index (Phi) is 8.38. The second kappa shape index (κ2) is 12.7. The Hall–Kier alpha value is -4.36. The van der Waals surface area contributed by atoms with Gasteiger partial charge in [-0.2, -0.15) is 0 Å². The van der Waals surface area contributed by atoms with E-state index in [4.69, 9.17) is 25.7 Å². The number of oxazole rings is 1. The van der Waals surface area contributed by atoms with E-state index < -0.39 is 0 Å². The lowest BCUT2D eigenvalue weighted by Gasteiger charge is -2.31. The lowest BCUT2D eigenvalue weighted by Crippen LogP contribution is -2.39. The van der Waals surface area contributed by atoms with Crippen LogP contribution in [0.15, 0.2) is 89.6 Å². The van der Waals surface area contributed by atoms with Gasteiger partial charge in [-0.25, -0.2) is 9.97 Å². The molecular weight excluding hydrogens is 548 g/mol. The number of hydrogen-bond donors (Lipinski definition) is 1. The number of carbonyl (C=O) groups is 1. The van der Waals surface area contributed by atoms with Gasteiger partial charge >= 0.3 is 0 Å². The summed E-state index contributed by atoms with van der Waals surface area (Å²) in [5.74, 6) is 3.83. The predicted molar refractivity (Wildman–Crippen MR) is 163 cm³/mol. The van der Waals surface area contributed by atoms with Gasteiger partial charge in [-0.1, -0.05) is 48.0 Å². The summed E-state index contributed by atoms with van der Waals surface area (Å²) < 4.78 is 11.9. The molecule has 8 heteroatoms.